The van der Waals surface area contributed by atoms with Gasteiger partial charge in [0, 0.05) is 13.2 Å². The van der Waals surface area contributed by atoms with Crippen LogP contribution in [0.4, 0.5) is 0 Å². The van der Waals surface area contributed by atoms with Crippen LogP contribution in [0.3, 0.4) is 0 Å². The Bertz CT molecular complexity index is 416. The quantitative estimate of drug-likeness (QED) is 0.760. The van der Waals surface area contributed by atoms with Crippen LogP contribution in [0.25, 0.3) is 0 Å². The van der Waals surface area contributed by atoms with Crippen molar-refractivity contribution in [3.8, 4) is 5.75 Å². The number of rotatable bonds is 9. The fourth-order valence-corrected chi connectivity index (χ4v) is 2.68. The van der Waals surface area contributed by atoms with Gasteiger partial charge in [-0.2, -0.15) is 5.10 Å². The number of nitrogens with zero attached hydrogens (tertiary/aromatic N) is 2. The summed E-state index contributed by atoms with van der Waals surface area (Å²) in [4.78, 5) is 0. The Morgan fingerprint density at radius 3 is 2.33 bits per heavy atom. The largest absolute Gasteiger partial charge is 0.493 e. The first-order valence-electron chi connectivity index (χ1n) is 7.85. The molecule has 122 valence electrons. The van der Waals surface area contributed by atoms with Crippen molar-refractivity contribution in [1.82, 2.24) is 15.1 Å². The van der Waals surface area contributed by atoms with E-state index in [0.717, 1.165) is 24.4 Å². The Balaban J connectivity index is 3.26. The van der Waals surface area contributed by atoms with Crippen molar-refractivity contribution in [2.75, 3.05) is 20.8 Å². The number of hydrogen-bond donors (Lipinski definition) is 1. The number of aromatic nitrogens is 2. The van der Waals surface area contributed by atoms with Gasteiger partial charge in [-0.15, -0.1) is 0 Å². The van der Waals surface area contributed by atoms with Crippen molar-refractivity contribution < 1.29 is 9.47 Å². The van der Waals surface area contributed by atoms with Crippen LogP contribution in [0.5, 0.6) is 5.75 Å². The van der Waals surface area contributed by atoms with E-state index in [1.165, 1.54) is 0 Å². The molecule has 5 heteroatoms. The van der Waals surface area contributed by atoms with Gasteiger partial charge in [-0.25, -0.2) is 0 Å². The standard InChI is InChI=1S/C16H31N3O2/c1-8-9-17-14(16(21-7)11(2)3)15-13(20-6)10-18-19(15)12(4)5/h10-12,14,16-17H,8-9H2,1-7H3. The van der Waals surface area contributed by atoms with E-state index in [0.29, 0.717) is 5.92 Å². The fraction of sp³-hybridized carbons (Fsp3) is 0.812. The number of methoxy groups -OCH3 is 2. The molecule has 1 aromatic heterocycles. The van der Waals surface area contributed by atoms with Crippen molar-refractivity contribution in [3.05, 3.63) is 11.9 Å². The summed E-state index contributed by atoms with van der Waals surface area (Å²) in [5.41, 5.74) is 1.07. The third-order valence-corrected chi connectivity index (χ3v) is 3.67. The molecule has 0 spiro atoms. The van der Waals surface area contributed by atoms with Gasteiger partial charge in [-0.3, -0.25) is 4.68 Å². The highest BCUT2D eigenvalue weighted by molar-refractivity contribution is 5.30. The van der Waals surface area contributed by atoms with E-state index in [2.05, 4.69) is 45.0 Å². The molecule has 0 aliphatic carbocycles. The molecular weight excluding hydrogens is 266 g/mol. The average Bonchev–Trinajstić information content (AvgIpc) is 2.86. The van der Waals surface area contributed by atoms with Crippen LogP contribution < -0.4 is 10.1 Å². The summed E-state index contributed by atoms with van der Waals surface area (Å²) < 4.78 is 13.3. The van der Waals surface area contributed by atoms with Crippen molar-refractivity contribution in [3.63, 3.8) is 0 Å². The Hall–Kier alpha value is -1.07. The zero-order chi connectivity index (χ0) is 16.0. The second-order valence-electron chi connectivity index (χ2n) is 6.01. The lowest BCUT2D eigenvalue weighted by Gasteiger charge is -2.31. The molecular formula is C16H31N3O2. The summed E-state index contributed by atoms with van der Waals surface area (Å²) >= 11 is 0. The summed E-state index contributed by atoms with van der Waals surface area (Å²) in [6.45, 7) is 11.7. The minimum atomic E-state index is 0.0646. The Morgan fingerprint density at radius 1 is 1.24 bits per heavy atom. The van der Waals surface area contributed by atoms with Crippen molar-refractivity contribution >= 4 is 0 Å². The predicted molar refractivity (Wildman–Crippen MR) is 85.8 cm³/mol. The van der Waals surface area contributed by atoms with Crippen LogP contribution in [-0.2, 0) is 4.74 Å². The summed E-state index contributed by atoms with van der Waals surface area (Å²) in [5.74, 6) is 1.21. The topological polar surface area (TPSA) is 48.3 Å². The monoisotopic (exact) mass is 297 g/mol. The molecule has 2 atom stereocenters. The maximum Gasteiger partial charge on any atom is 0.161 e. The van der Waals surface area contributed by atoms with Gasteiger partial charge < -0.3 is 14.8 Å². The smallest absolute Gasteiger partial charge is 0.161 e. The zero-order valence-corrected chi connectivity index (χ0v) is 14.5. The number of hydrogen-bond acceptors (Lipinski definition) is 4. The molecule has 21 heavy (non-hydrogen) atoms. The average molecular weight is 297 g/mol. The normalized spacial score (nSPS) is 14.7. The fourth-order valence-electron chi connectivity index (χ4n) is 2.68. The Kier molecular flexibility index (Phi) is 7.18. The van der Waals surface area contributed by atoms with Crippen molar-refractivity contribution in [2.24, 2.45) is 5.92 Å². The third kappa shape index (κ3) is 4.20. The SMILES string of the molecule is CCCNC(c1c(OC)cnn1C(C)C)C(OC)C(C)C. The van der Waals surface area contributed by atoms with Gasteiger partial charge in [0.1, 0.15) is 5.69 Å². The van der Waals surface area contributed by atoms with Crippen LogP contribution >= 0.6 is 0 Å². The summed E-state index contributed by atoms with van der Waals surface area (Å²) in [5, 5.41) is 8.10. The summed E-state index contributed by atoms with van der Waals surface area (Å²) in [6, 6.07) is 0.342. The van der Waals surface area contributed by atoms with Crippen LogP contribution in [0.2, 0.25) is 0 Å². The lowest BCUT2D eigenvalue weighted by atomic mass is 9.96. The van der Waals surface area contributed by atoms with Crippen LogP contribution in [0.15, 0.2) is 6.20 Å². The molecule has 0 saturated heterocycles. The first kappa shape index (κ1) is 18.0. The minimum Gasteiger partial charge on any atom is -0.493 e. The van der Waals surface area contributed by atoms with Gasteiger partial charge in [0.2, 0.25) is 0 Å². The minimum absolute atomic E-state index is 0.0646. The van der Waals surface area contributed by atoms with Gasteiger partial charge in [-0.05, 0) is 32.7 Å². The van der Waals surface area contributed by atoms with E-state index in [-0.39, 0.29) is 18.2 Å². The first-order valence-corrected chi connectivity index (χ1v) is 7.85. The molecule has 0 aromatic carbocycles. The third-order valence-electron chi connectivity index (χ3n) is 3.67. The predicted octanol–water partition coefficient (Wildman–Crippen LogP) is 3.18. The Labute approximate surface area is 129 Å². The molecule has 0 radical (unpaired) electrons. The van der Waals surface area contributed by atoms with Crippen LogP contribution in [0, 0.1) is 5.92 Å². The lowest BCUT2D eigenvalue weighted by molar-refractivity contribution is 0.0291. The van der Waals surface area contributed by atoms with E-state index in [1.54, 1.807) is 20.4 Å². The number of ether oxygens (including phenoxy) is 2. The van der Waals surface area contributed by atoms with E-state index in [1.807, 2.05) is 4.68 Å². The van der Waals surface area contributed by atoms with E-state index in [4.69, 9.17) is 9.47 Å². The van der Waals surface area contributed by atoms with Crippen molar-refractivity contribution in [2.45, 2.75) is 59.2 Å². The second-order valence-corrected chi connectivity index (χ2v) is 6.01. The molecule has 1 aromatic rings. The summed E-state index contributed by atoms with van der Waals surface area (Å²) in [6.07, 6.45) is 2.94. The number of nitrogens with one attached hydrogen (secondary N) is 1. The van der Waals surface area contributed by atoms with Gasteiger partial charge in [0.15, 0.2) is 5.75 Å². The van der Waals surface area contributed by atoms with E-state index in [9.17, 15) is 0 Å². The summed E-state index contributed by atoms with van der Waals surface area (Å²) in [7, 11) is 3.47. The Morgan fingerprint density at radius 2 is 1.90 bits per heavy atom. The maximum absolute atomic E-state index is 5.77. The molecule has 0 saturated carbocycles. The molecule has 0 bridgehead atoms. The highest BCUT2D eigenvalue weighted by Crippen LogP contribution is 2.32. The molecule has 1 rings (SSSR count). The second kappa shape index (κ2) is 8.39. The van der Waals surface area contributed by atoms with E-state index >= 15 is 0 Å². The maximum atomic E-state index is 5.77. The molecule has 1 heterocycles. The van der Waals surface area contributed by atoms with Gasteiger partial charge >= 0.3 is 0 Å². The molecule has 0 amide bonds. The highest BCUT2D eigenvalue weighted by atomic mass is 16.5. The molecule has 1 N–H and O–H groups in total. The van der Waals surface area contributed by atoms with Crippen LogP contribution in [-0.4, -0.2) is 36.6 Å². The molecule has 0 aliphatic heterocycles. The lowest BCUT2D eigenvalue weighted by Crippen LogP contribution is -2.38. The van der Waals surface area contributed by atoms with Gasteiger partial charge in [0.25, 0.3) is 0 Å². The molecule has 5 nitrogen and oxygen atoms in total. The van der Waals surface area contributed by atoms with E-state index < -0.39 is 0 Å². The van der Waals surface area contributed by atoms with Crippen molar-refractivity contribution in [1.29, 1.82) is 0 Å². The highest BCUT2D eigenvalue weighted by Gasteiger charge is 2.31. The van der Waals surface area contributed by atoms with Gasteiger partial charge in [-0.1, -0.05) is 20.8 Å². The van der Waals surface area contributed by atoms with Gasteiger partial charge in [0.05, 0.1) is 25.5 Å². The van der Waals surface area contributed by atoms with Crippen LogP contribution in [0.1, 0.15) is 58.8 Å². The first-order chi connectivity index (χ1) is 9.97. The molecule has 2 unspecified atom stereocenters. The zero-order valence-electron chi connectivity index (χ0n) is 14.5. The molecule has 0 aliphatic rings. The molecule has 0 fully saturated rings.